The zero-order chi connectivity index (χ0) is 20.3. The number of hydrogen-bond donors (Lipinski definition) is 0. The summed E-state index contributed by atoms with van der Waals surface area (Å²) in [5.41, 5.74) is 0.133. The molecule has 0 bridgehead atoms. The van der Waals surface area contributed by atoms with E-state index in [0.717, 1.165) is 6.08 Å². The summed E-state index contributed by atoms with van der Waals surface area (Å²) >= 11 is 9.10. The van der Waals surface area contributed by atoms with Crippen molar-refractivity contribution in [2.75, 3.05) is 0 Å². The molecule has 0 saturated heterocycles. The summed E-state index contributed by atoms with van der Waals surface area (Å²) in [6.45, 7) is 0. The number of halogens is 3. The van der Waals surface area contributed by atoms with Crippen LogP contribution in [0.15, 0.2) is 87.1 Å². The van der Waals surface area contributed by atoms with Crippen molar-refractivity contribution in [1.29, 1.82) is 0 Å². The predicted octanol–water partition coefficient (Wildman–Crippen LogP) is 5.94. The molecule has 0 amide bonds. The van der Waals surface area contributed by atoms with Gasteiger partial charge in [-0.25, -0.2) is 12.8 Å². The van der Waals surface area contributed by atoms with Crippen LogP contribution in [0.3, 0.4) is 0 Å². The van der Waals surface area contributed by atoms with E-state index < -0.39 is 26.3 Å². The third-order valence-electron chi connectivity index (χ3n) is 3.94. The maximum Gasteiger partial charge on any atom is 0.210 e. The highest BCUT2D eigenvalue weighted by Gasteiger charge is 2.28. The van der Waals surface area contributed by atoms with E-state index in [1.807, 2.05) is 0 Å². The summed E-state index contributed by atoms with van der Waals surface area (Å²) in [6.07, 6.45) is 1.06. The standard InChI is InChI=1S/C21H13BrClFO3S/c22-16-7-11-18(12-8-16)28(26,27)20(13-15-3-1-2-4-19(15)24)21(25)14-5-9-17(23)10-6-14/h1-13H/b20-13+. The maximum atomic E-state index is 14.1. The second kappa shape index (κ2) is 8.39. The first-order valence-electron chi connectivity index (χ1n) is 8.06. The van der Waals surface area contributed by atoms with Gasteiger partial charge in [0.2, 0.25) is 15.6 Å². The Kier molecular flexibility index (Phi) is 6.13. The number of Topliss-reactive ketones (excluding diaryl/α,β-unsaturated/α-hetero) is 1. The summed E-state index contributed by atoms with van der Waals surface area (Å²) in [5.74, 6) is -1.38. The Balaban J connectivity index is 2.19. The average Bonchev–Trinajstić information content (AvgIpc) is 2.67. The van der Waals surface area contributed by atoms with Gasteiger partial charge in [-0.2, -0.15) is 0 Å². The molecule has 0 unspecified atom stereocenters. The number of carbonyl (C=O) groups is 1. The summed E-state index contributed by atoms with van der Waals surface area (Å²) in [4.78, 5) is 12.4. The summed E-state index contributed by atoms with van der Waals surface area (Å²) < 4.78 is 41.2. The van der Waals surface area contributed by atoms with Crippen LogP contribution < -0.4 is 0 Å². The van der Waals surface area contributed by atoms with E-state index in [1.54, 1.807) is 18.2 Å². The van der Waals surface area contributed by atoms with E-state index in [0.29, 0.717) is 9.50 Å². The van der Waals surface area contributed by atoms with Crippen LogP contribution in [-0.4, -0.2) is 14.2 Å². The minimum Gasteiger partial charge on any atom is -0.288 e. The van der Waals surface area contributed by atoms with Crippen molar-refractivity contribution in [1.82, 2.24) is 0 Å². The predicted molar refractivity (Wildman–Crippen MR) is 111 cm³/mol. The van der Waals surface area contributed by atoms with Gasteiger partial charge in [0.15, 0.2) is 0 Å². The van der Waals surface area contributed by atoms with E-state index in [2.05, 4.69) is 15.9 Å². The lowest BCUT2D eigenvalue weighted by atomic mass is 10.1. The molecule has 0 N–H and O–H groups in total. The third kappa shape index (κ3) is 4.41. The Labute approximate surface area is 175 Å². The molecule has 0 aliphatic carbocycles. The lowest BCUT2D eigenvalue weighted by Gasteiger charge is -2.10. The molecule has 0 aliphatic rings. The number of sulfone groups is 1. The molecule has 3 aromatic rings. The number of hydrogen-bond acceptors (Lipinski definition) is 3. The number of rotatable bonds is 5. The van der Waals surface area contributed by atoms with Gasteiger partial charge in [0.1, 0.15) is 10.7 Å². The molecule has 3 nitrogen and oxygen atoms in total. The number of allylic oxidation sites excluding steroid dienone is 1. The smallest absolute Gasteiger partial charge is 0.210 e. The molecular formula is C21H13BrClFO3S. The topological polar surface area (TPSA) is 51.2 Å². The first kappa shape index (κ1) is 20.5. The molecule has 142 valence electrons. The van der Waals surface area contributed by atoms with Crippen LogP contribution in [0.5, 0.6) is 0 Å². The number of benzene rings is 3. The molecule has 0 heterocycles. The fourth-order valence-electron chi connectivity index (χ4n) is 2.48. The van der Waals surface area contributed by atoms with Crippen molar-refractivity contribution < 1.29 is 17.6 Å². The van der Waals surface area contributed by atoms with Gasteiger partial charge in [-0.15, -0.1) is 0 Å². The van der Waals surface area contributed by atoms with Crippen molar-refractivity contribution in [2.45, 2.75) is 4.90 Å². The third-order valence-corrected chi connectivity index (χ3v) is 6.49. The molecule has 0 atom stereocenters. The van der Waals surface area contributed by atoms with E-state index in [9.17, 15) is 17.6 Å². The zero-order valence-corrected chi connectivity index (χ0v) is 17.4. The zero-order valence-electron chi connectivity index (χ0n) is 14.3. The molecule has 0 aliphatic heterocycles. The van der Waals surface area contributed by atoms with E-state index in [4.69, 9.17) is 11.6 Å². The lowest BCUT2D eigenvalue weighted by Crippen LogP contribution is -2.14. The van der Waals surface area contributed by atoms with Gasteiger partial charge in [-0.05, 0) is 60.7 Å². The SMILES string of the molecule is O=C(/C(=C\c1ccccc1F)S(=O)(=O)c1ccc(Br)cc1)c1ccc(Cl)cc1. The van der Waals surface area contributed by atoms with Crippen LogP contribution in [-0.2, 0) is 9.84 Å². The largest absolute Gasteiger partial charge is 0.288 e. The maximum absolute atomic E-state index is 14.1. The summed E-state index contributed by atoms with van der Waals surface area (Å²) in [5, 5.41) is 0.409. The van der Waals surface area contributed by atoms with Gasteiger partial charge in [-0.3, -0.25) is 4.79 Å². The molecule has 3 rings (SSSR count). The minimum absolute atomic E-state index is 0.000463. The van der Waals surface area contributed by atoms with Gasteiger partial charge in [-0.1, -0.05) is 45.7 Å². The molecule has 7 heteroatoms. The Hall–Kier alpha value is -2.28. The first-order chi connectivity index (χ1) is 13.3. The van der Waals surface area contributed by atoms with Crippen LogP contribution in [0.1, 0.15) is 15.9 Å². The Bertz CT molecular complexity index is 1160. The highest BCUT2D eigenvalue weighted by Crippen LogP contribution is 2.27. The quantitative estimate of drug-likeness (QED) is 0.336. The van der Waals surface area contributed by atoms with Gasteiger partial charge >= 0.3 is 0 Å². The molecule has 0 aromatic heterocycles. The Morgan fingerprint density at radius 2 is 1.54 bits per heavy atom. The normalized spacial score (nSPS) is 12.0. The van der Waals surface area contributed by atoms with Crippen molar-refractivity contribution >= 4 is 49.2 Å². The molecule has 0 saturated carbocycles. The lowest BCUT2D eigenvalue weighted by molar-refractivity contribution is 0.104. The van der Waals surface area contributed by atoms with Crippen LogP contribution in [0.25, 0.3) is 6.08 Å². The van der Waals surface area contributed by atoms with Gasteiger partial charge in [0.25, 0.3) is 0 Å². The fourth-order valence-corrected chi connectivity index (χ4v) is 4.27. The fraction of sp³-hybridized carbons (Fsp3) is 0. The molecular weight excluding hydrogens is 467 g/mol. The van der Waals surface area contributed by atoms with E-state index in [-0.39, 0.29) is 16.0 Å². The van der Waals surface area contributed by atoms with Crippen LogP contribution in [0.4, 0.5) is 4.39 Å². The van der Waals surface area contributed by atoms with Crippen molar-refractivity contribution in [2.24, 2.45) is 0 Å². The second-order valence-corrected chi connectivity index (χ2v) is 9.09. The summed E-state index contributed by atoms with van der Waals surface area (Å²) in [6, 6.07) is 17.3. The van der Waals surface area contributed by atoms with Gasteiger partial charge in [0, 0.05) is 20.6 Å². The summed E-state index contributed by atoms with van der Waals surface area (Å²) in [7, 11) is -4.20. The van der Waals surface area contributed by atoms with Crippen LogP contribution in [0.2, 0.25) is 5.02 Å². The molecule has 0 fully saturated rings. The van der Waals surface area contributed by atoms with Crippen molar-refractivity contribution in [3.05, 3.63) is 104 Å². The highest BCUT2D eigenvalue weighted by atomic mass is 79.9. The molecule has 28 heavy (non-hydrogen) atoms. The highest BCUT2D eigenvalue weighted by molar-refractivity contribution is 9.10. The molecule has 3 aromatic carbocycles. The van der Waals surface area contributed by atoms with E-state index in [1.165, 1.54) is 54.6 Å². The van der Waals surface area contributed by atoms with Crippen molar-refractivity contribution in [3.63, 3.8) is 0 Å². The number of ketones is 1. The van der Waals surface area contributed by atoms with E-state index >= 15 is 0 Å². The van der Waals surface area contributed by atoms with Gasteiger partial charge in [0.05, 0.1) is 4.90 Å². The molecule has 0 radical (unpaired) electrons. The van der Waals surface area contributed by atoms with Crippen LogP contribution in [0, 0.1) is 5.82 Å². The van der Waals surface area contributed by atoms with Gasteiger partial charge < -0.3 is 0 Å². The average molecular weight is 480 g/mol. The minimum atomic E-state index is -4.20. The molecule has 0 spiro atoms. The monoisotopic (exact) mass is 478 g/mol. The number of carbonyl (C=O) groups excluding carboxylic acids is 1. The first-order valence-corrected chi connectivity index (χ1v) is 10.7. The van der Waals surface area contributed by atoms with Crippen LogP contribution >= 0.6 is 27.5 Å². The van der Waals surface area contributed by atoms with Crippen molar-refractivity contribution in [3.8, 4) is 0 Å². The Morgan fingerprint density at radius 1 is 0.929 bits per heavy atom. The Morgan fingerprint density at radius 3 is 2.14 bits per heavy atom. The second-order valence-electron chi connectivity index (χ2n) is 5.82.